The minimum Gasteiger partial charge on any atom is -0.462 e. The van der Waals surface area contributed by atoms with Gasteiger partial charge in [-0.25, -0.2) is 0 Å². The van der Waals surface area contributed by atoms with Gasteiger partial charge < -0.3 is 14.2 Å². The molecule has 69 heavy (non-hydrogen) atoms. The Morgan fingerprint density at radius 3 is 0.710 bits per heavy atom. The van der Waals surface area contributed by atoms with Crippen LogP contribution in [-0.2, 0) is 28.6 Å². The van der Waals surface area contributed by atoms with Crippen molar-refractivity contribution >= 4 is 17.9 Å². The molecule has 0 aromatic heterocycles. The zero-order valence-electron chi connectivity index (χ0n) is 47.5. The van der Waals surface area contributed by atoms with Gasteiger partial charge in [-0.05, 0) is 31.1 Å². The molecule has 6 heteroatoms. The molecule has 0 N–H and O–H groups in total. The van der Waals surface area contributed by atoms with Gasteiger partial charge in [-0.15, -0.1) is 0 Å². The summed E-state index contributed by atoms with van der Waals surface area (Å²) in [6, 6.07) is 0. The Morgan fingerprint density at radius 2 is 0.478 bits per heavy atom. The highest BCUT2D eigenvalue weighted by atomic mass is 16.6. The van der Waals surface area contributed by atoms with Gasteiger partial charge in [0.05, 0.1) is 0 Å². The quantitative estimate of drug-likeness (QED) is 0.0343. The second-order valence-electron chi connectivity index (χ2n) is 22.6. The number of hydrogen-bond acceptors (Lipinski definition) is 6. The molecule has 0 aromatic rings. The SMILES string of the molecule is CCCCCCCCCCCCCCCCC(=O)O[C@H](COC(=O)CCCCCCCCCCCCCCCCCCCCC(C)C)COC(=O)CCCCCCCCCCCCCCCC(C)C. The number of esters is 3. The molecule has 0 amide bonds. The topological polar surface area (TPSA) is 78.9 Å². The first-order valence-corrected chi connectivity index (χ1v) is 31.2. The summed E-state index contributed by atoms with van der Waals surface area (Å²) in [7, 11) is 0. The van der Waals surface area contributed by atoms with Gasteiger partial charge in [0.2, 0.25) is 0 Å². The van der Waals surface area contributed by atoms with Crippen LogP contribution in [0, 0.1) is 11.8 Å². The second-order valence-corrected chi connectivity index (χ2v) is 22.6. The van der Waals surface area contributed by atoms with E-state index < -0.39 is 6.10 Å². The van der Waals surface area contributed by atoms with Gasteiger partial charge in [0.25, 0.3) is 0 Å². The predicted octanol–water partition coefficient (Wildman–Crippen LogP) is 20.8. The van der Waals surface area contributed by atoms with Crippen molar-refractivity contribution in [3.8, 4) is 0 Å². The van der Waals surface area contributed by atoms with Crippen molar-refractivity contribution in [2.24, 2.45) is 11.8 Å². The number of ether oxygens (including phenoxy) is 3. The van der Waals surface area contributed by atoms with Crippen molar-refractivity contribution in [1.29, 1.82) is 0 Å². The van der Waals surface area contributed by atoms with E-state index in [0.717, 1.165) is 69.6 Å². The molecule has 410 valence electrons. The number of unbranched alkanes of at least 4 members (excludes halogenated alkanes) is 42. The average Bonchev–Trinajstić information content (AvgIpc) is 3.32. The Hall–Kier alpha value is -1.59. The number of carbonyl (C=O) groups is 3. The summed E-state index contributed by atoms with van der Waals surface area (Å²) >= 11 is 0. The first-order chi connectivity index (χ1) is 33.7. The summed E-state index contributed by atoms with van der Waals surface area (Å²) < 4.78 is 16.9. The molecule has 0 rings (SSSR count). The molecule has 0 bridgehead atoms. The third kappa shape index (κ3) is 57.2. The lowest BCUT2D eigenvalue weighted by Gasteiger charge is -2.18. The molecule has 0 radical (unpaired) electrons. The van der Waals surface area contributed by atoms with E-state index in [-0.39, 0.29) is 31.1 Å². The van der Waals surface area contributed by atoms with Gasteiger partial charge in [-0.2, -0.15) is 0 Å². The van der Waals surface area contributed by atoms with Crippen molar-refractivity contribution < 1.29 is 28.6 Å². The van der Waals surface area contributed by atoms with Crippen LogP contribution in [0.2, 0.25) is 0 Å². The van der Waals surface area contributed by atoms with E-state index in [9.17, 15) is 14.4 Å². The Balaban J connectivity index is 4.25. The van der Waals surface area contributed by atoms with E-state index >= 15 is 0 Å². The molecule has 0 aliphatic rings. The van der Waals surface area contributed by atoms with Crippen LogP contribution in [0.3, 0.4) is 0 Å². The van der Waals surface area contributed by atoms with Crippen LogP contribution < -0.4 is 0 Å². The van der Waals surface area contributed by atoms with Crippen LogP contribution in [0.5, 0.6) is 0 Å². The van der Waals surface area contributed by atoms with Crippen molar-refractivity contribution in [2.75, 3.05) is 13.2 Å². The molecule has 0 heterocycles. The summed E-state index contributed by atoms with van der Waals surface area (Å²) in [5, 5.41) is 0. The van der Waals surface area contributed by atoms with Crippen molar-refractivity contribution in [2.45, 2.75) is 362 Å². The average molecular weight is 976 g/mol. The zero-order valence-corrected chi connectivity index (χ0v) is 47.5. The highest BCUT2D eigenvalue weighted by Crippen LogP contribution is 2.19. The fraction of sp³-hybridized carbons (Fsp3) is 0.952. The summed E-state index contributed by atoms with van der Waals surface area (Å²) in [5.74, 6) is 0.866. The van der Waals surface area contributed by atoms with E-state index in [0.29, 0.717) is 19.3 Å². The first-order valence-electron chi connectivity index (χ1n) is 31.2. The molecule has 1 atom stereocenters. The lowest BCUT2D eigenvalue weighted by molar-refractivity contribution is -0.167. The summed E-state index contributed by atoms with van der Waals surface area (Å²) in [6.07, 6.45) is 61.0. The highest BCUT2D eigenvalue weighted by molar-refractivity contribution is 5.71. The van der Waals surface area contributed by atoms with Gasteiger partial charge >= 0.3 is 17.9 Å². The van der Waals surface area contributed by atoms with E-state index in [1.54, 1.807) is 0 Å². The van der Waals surface area contributed by atoms with Gasteiger partial charge in [0.1, 0.15) is 13.2 Å². The molecular formula is C63H122O6. The largest absolute Gasteiger partial charge is 0.462 e. The fourth-order valence-electron chi connectivity index (χ4n) is 9.76. The smallest absolute Gasteiger partial charge is 0.306 e. The van der Waals surface area contributed by atoms with Crippen LogP contribution in [0.25, 0.3) is 0 Å². The summed E-state index contributed by atoms with van der Waals surface area (Å²) in [5.41, 5.74) is 0. The number of carbonyl (C=O) groups excluding carboxylic acids is 3. The van der Waals surface area contributed by atoms with Crippen LogP contribution in [-0.4, -0.2) is 37.2 Å². The normalized spacial score (nSPS) is 12.0. The first kappa shape index (κ1) is 67.4. The standard InChI is InChI=1S/C63H122O6/c1-6-7-8-9-10-11-12-13-23-30-35-40-45-50-55-63(66)69-60(57-68-62(65)54-49-44-39-34-29-25-20-22-27-32-37-42-47-52-59(4)5)56-67-61(64)53-48-43-38-33-28-24-19-17-15-14-16-18-21-26-31-36-41-46-51-58(2)3/h58-60H,6-57H2,1-5H3/t60-/m1/s1. The van der Waals surface area contributed by atoms with Crippen molar-refractivity contribution in [3.63, 3.8) is 0 Å². The lowest BCUT2D eigenvalue weighted by Crippen LogP contribution is -2.30. The minimum atomic E-state index is -0.763. The Kier molecular flexibility index (Phi) is 54.4. The molecule has 0 aliphatic heterocycles. The molecule has 0 fully saturated rings. The molecule has 0 aliphatic carbocycles. The third-order valence-corrected chi connectivity index (χ3v) is 14.5. The third-order valence-electron chi connectivity index (χ3n) is 14.5. The van der Waals surface area contributed by atoms with E-state index in [1.165, 1.54) is 244 Å². The van der Waals surface area contributed by atoms with Crippen molar-refractivity contribution in [1.82, 2.24) is 0 Å². The maximum atomic E-state index is 12.9. The Morgan fingerprint density at radius 1 is 0.275 bits per heavy atom. The maximum Gasteiger partial charge on any atom is 0.306 e. The van der Waals surface area contributed by atoms with E-state index in [1.807, 2.05) is 0 Å². The van der Waals surface area contributed by atoms with Crippen LogP contribution in [0.1, 0.15) is 356 Å². The van der Waals surface area contributed by atoms with Gasteiger partial charge in [-0.1, -0.05) is 317 Å². The van der Waals surface area contributed by atoms with Gasteiger partial charge in [-0.3, -0.25) is 14.4 Å². The van der Waals surface area contributed by atoms with Gasteiger partial charge in [0.15, 0.2) is 6.10 Å². The molecule has 0 saturated carbocycles. The maximum absolute atomic E-state index is 12.9. The number of hydrogen-bond donors (Lipinski definition) is 0. The predicted molar refractivity (Wildman–Crippen MR) is 298 cm³/mol. The summed E-state index contributed by atoms with van der Waals surface area (Å²) in [6.45, 7) is 11.4. The van der Waals surface area contributed by atoms with Gasteiger partial charge in [0, 0.05) is 19.3 Å². The molecule has 6 nitrogen and oxygen atoms in total. The monoisotopic (exact) mass is 975 g/mol. The van der Waals surface area contributed by atoms with E-state index in [2.05, 4.69) is 34.6 Å². The molecule has 0 unspecified atom stereocenters. The number of rotatable bonds is 57. The minimum absolute atomic E-state index is 0.0619. The highest BCUT2D eigenvalue weighted by Gasteiger charge is 2.19. The van der Waals surface area contributed by atoms with Crippen molar-refractivity contribution in [3.05, 3.63) is 0 Å². The zero-order chi connectivity index (χ0) is 50.4. The van der Waals surface area contributed by atoms with Crippen LogP contribution in [0.4, 0.5) is 0 Å². The van der Waals surface area contributed by atoms with Crippen LogP contribution >= 0.6 is 0 Å². The molecular weight excluding hydrogens is 853 g/mol. The van der Waals surface area contributed by atoms with Crippen LogP contribution in [0.15, 0.2) is 0 Å². The Bertz CT molecular complexity index is 1060. The lowest BCUT2D eigenvalue weighted by atomic mass is 10.0. The second kappa shape index (κ2) is 55.7. The van der Waals surface area contributed by atoms with E-state index in [4.69, 9.17) is 14.2 Å². The summed E-state index contributed by atoms with van der Waals surface area (Å²) in [4.78, 5) is 38.2. The molecule has 0 aromatic carbocycles. The molecule has 0 spiro atoms. The Labute approximate surface area is 431 Å². The molecule has 0 saturated heterocycles. The fourth-order valence-corrected chi connectivity index (χ4v) is 9.76.